The van der Waals surface area contributed by atoms with Gasteiger partial charge in [0.15, 0.2) is 0 Å². The zero-order valence-corrected chi connectivity index (χ0v) is 11.5. The molecule has 9 nitrogen and oxygen atoms in total. The molecule has 0 heterocycles. The molecule has 0 saturated carbocycles. The van der Waals surface area contributed by atoms with Crippen molar-refractivity contribution in [3.63, 3.8) is 0 Å². The van der Waals surface area contributed by atoms with Crippen LogP contribution in [-0.4, -0.2) is 23.8 Å². The normalized spacial score (nSPS) is 12.8. The molecular formula is C8H3F6N3O6S. The lowest BCUT2D eigenvalue weighted by Crippen LogP contribution is -2.31. The summed E-state index contributed by atoms with van der Waals surface area (Å²) in [6.45, 7) is 0. The number of rotatable bonds is 4. The first-order chi connectivity index (χ1) is 10.6. The second-order valence-corrected chi connectivity index (χ2v) is 5.62. The van der Waals surface area contributed by atoms with Gasteiger partial charge >= 0.3 is 27.4 Å². The van der Waals surface area contributed by atoms with Crippen molar-refractivity contribution in [3.8, 4) is 0 Å². The Labute approximate surface area is 127 Å². The van der Waals surface area contributed by atoms with Crippen molar-refractivity contribution in [2.75, 3.05) is 4.72 Å². The van der Waals surface area contributed by atoms with Crippen LogP contribution in [0.15, 0.2) is 12.1 Å². The summed E-state index contributed by atoms with van der Waals surface area (Å²) in [4.78, 5) is 18.1. The van der Waals surface area contributed by atoms with Gasteiger partial charge in [0.25, 0.3) is 5.69 Å². The Kier molecular flexibility index (Phi) is 4.66. The first-order valence-corrected chi connectivity index (χ1v) is 6.69. The van der Waals surface area contributed by atoms with Crippen molar-refractivity contribution in [3.05, 3.63) is 37.9 Å². The van der Waals surface area contributed by atoms with Gasteiger partial charge in [-0.05, 0) is 0 Å². The zero-order valence-electron chi connectivity index (χ0n) is 10.7. The molecule has 0 bridgehead atoms. The molecule has 1 rings (SSSR count). The Balaban J connectivity index is 3.81. The van der Waals surface area contributed by atoms with Crippen LogP contribution in [0.4, 0.5) is 43.4 Å². The number of alkyl halides is 6. The number of nitro benzene ring substituents is 2. The van der Waals surface area contributed by atoms with Gasteiger partial charge in [-0.3, -0.25) is 25.0 Å². The molecule has 134 valence electrons. The number of halogens is 6. The third-order valence-electron chi connectivity index (χ3n) is 2.36. The Hall–Kier alpha value is -2.65. The zero-order chi connectivity index (χ0) is 19.1. The largest absolute Gasteiger partial charge is 0.516 e. The smallest absolute Gasteiger partial charge is 0.269 e. The number of non-ortho nitro benzene ring substituents is 1. The minimum absolute atomic E-state index is 0.108. The fraction of sp³-hybridized carbons (Fsp3) is 0.250. The topological polar surface area (TPSA) is 132 Å². The monoisotopic (exact) mass is 383 g/mol. The molecule has 1 N–H and O–H groups in total. The first kappa shape index (κ1) is 19.4. The summed E-state index contributed by atoms with van der Waals surface area (Å²) >= 11 is 0. The number of sulfonamides is 1. The minimum Gasteiger partial charge on any atom is -0.269 e. The molecule has 0 radical (unpaired) electrons. The van der Waals surface area contributed by atoms with Crippen LogP contribution in [0.5, 0.6) is 0 Å². The number of nitrogens with one attached hydrogen (secondary N) is 1. The van der Waals surface area contributed by atoms with E-state index in [9.17, 15) is 55.0 Å². The van der Waals surface area contributed by atoms with Crippen molar-refractivity contribution >= 4 is 27.1 Å². The predicted octanol–water partition coefficient (Wildman–Crippen LogP) is 2.78. The Morgan fingerprint density at radius 2 is 1.46 bits per heavy atom. The fourth-order valence-electron chi connectivity index (χ4n) is 1.38. The van der Waals surface area contributed by atoms with Gasteiger partial charge in [0.05, 0.1) is 21.5 Å². The van der Waals surface area contributed by atoms with Crippen LogP contribution >= 0.6 is 0 Å². The molecule has 16 heteroatoms. The van der Waals surface area contributed by atoms with Gasteiger partial charge in [-0.25, -0.2) is 0 Å². The second kappa shape index (κ2) is 5.77. The van der Waals surface area contributed by atoms with E-state index < -0.39 is 54.2 Å². The number of hydrogen-bond donors (Lipinski definition) is 1. The molecule has 0 saturated heterocycles. The van der Waals surface area contributed by atoms with Gasteiger partial charge in [0.1, 0.15) is 5.69 Å². The quantitative estimate of drug-likeness (QED) is 0.483. The van der Waals surface area contributed by atoms with Crippen molar-refractivity contribution in [1.82, 2.24) is 0 Å². The third-order valence-corrected chi connectivity index (χ3v) is 3.44. The fourth-order valence-corrected chi connectivity index (χ4v) is 1.98. The maximum Gasteiger partial charge on any atom is 0.516 e. The molecule has 0 aliphatic carbocycles. The summed E-state index contributed by atoms with van der Waals surface area (Å²) < 4.78 is 97.7. The molecule has 0 amide bonds. The highest BCUT2D eigenvalue weighted by molar-refractivity contribution is 7.93. The van der Waals surface area contributed by atoms with E-state index in [4.69, 9.17) is 0 Å². The van der Waals surface area contributed by atoms with E-state index in [1.807, 2.05) is 0 Å². The van der Waals surface area contributed by atoms with Crippen molar-refractivity contribution in [1.29, 1.82) is 0 Å². The highest BCUT2D eigenvalue weighted by Gasteiger charge is 2.49. The maximum absolute atomic E-state index is 12.8. The third kappa shape index (κ3) is 3.81. The van der Waals surface area contributed by atoms with E-state index in [1.165, 1.54) is 0 Å². The molecular weight excluding hydrogens is 380 g/mol. The summed E-state index contributed by atoms with van der Waals surface area (Å²) in [6, 6.07) is -0.440. The molecule has 0 aliphatic rings. The number of nitro groups is 2. The molecule has 0 aromatic heterocycles. The Morgan fingerprint density at radius 3 is 1.79 bits per heavy atom. The predicted molar refractivity (Wildman–Crippen MR) is 63.4 cm³/mol. The van der Waals surface area contributed by atoms with Gasteiger partial charge in [-0.1, -0.05) is 0 Å². The lowest BCUT2D eigenvalue weighted by molar-refractivity contribution is -0.394. The Bertz CT molecular complexity index is 802. The van der Waals surface area contributed by atoms with E-state index in [0.717, 1.165) is 0 Å². The van der Waals surface area contributed by atoms with Crippen LogP contribution in [0.1, 0.15) is 5.56 Å². The van der Waals surface area contributed by atoms with Gasteiger partial charge in [0.2, 0.25) is 0 Å². The van der Waals surface area contributed by atoms with Crippen LogP contribution in [0.3, 0.4) is 0 Å². The van der Waals surface area contributed by atoms with Crippen LogP contribution in [0, 0.1) is 20.2 Å². The van der Waals surface area contributed by atoms with E-state index in [2.05, 4.69) is 0 Å². The molecule has 24 heavy (non-hydrogen) atoms. The molecule has 0 spiro atoms. The average molecular weight is 383 g/mol. The standard InChI is InChI=1S/C8H3F6N3O6S/c9-7(10,11)4-1-3(16(18)19)2-5(17(20)21)6(4)15-24(22,23)8(12,13)14/h1-2,15H. The highest BCUT2D eigenvalue weighted by Crippen LogP contribution is 2.43. The molecule has 0 atom stereocenters. The SMILES string of the molecule is O=[N+]([O-])c1cc([N+](=O)[O-])c(NS(=O)(=O)C(F)(F)F)c(C(F)(F)F)c1. The van der Waals surface area contributed by atoms with E-state index in [0.29, 0.717) is 4.72 Å². The van der Waals surface area contributed by atoms with E-state index >= 15 is 0 Å². The number of anilines is 1. The molecule has 1 aromatic rings. The molecule has 1 aromatic carbocycles. The van der Waals surface area contributed by atoms with Crippen molar-refractivity contribution < 1.29 is 44.6 Å². The summed E-state index contributed by atoms with van der Waals surface area (Å²) in [6.07, 6.45) is -5.62. The molecule has 0 unspecified atom stereocenters. The van der Waals surface area contributed by atoms with Gasteiger partial charge < -0.3 is 0 Å². The summed E-state index contributed by atoms with van der Waals surface area (Å²) in [7, 11) is -6.45. The van der Waals surface area contributed by atoms with E-state index in [-0.39, 0.29) is 12.1 Å². The number of nitrogens with zero attached hydrogens (tertiary/aromatic N) is 2. The van der Waals surface area contributed by atoms with Crippen molar-refractivity contribution in [2.24, 2.45) is 0 Å². The second-order valence-electron chi connectivity index (χ2n) is 3.95. The minimum atomic E-state index is -6.45. The van der Waals surface area contributed by atoms with Crippen LogP contribution in [-0.2, 0) is 16.2 Å². The van der Waals surface area contributed by atoms with Crippen LogP contribution in [0.25, 0.3) is 0 Å². The van der Waals surface area contributed by atoms with Crippen molar-refractivity contribution in [2.45, 2.75) is 11.7 Å². The maximum atomic E-state index is 12.8. The van der Waals surface area contributed by atoms with E-state index in [1.54, 1.807) is 0 Å². The highest BCUT2D eigenvalue weighted by atomic mass is 32.2. The van der Waals surface area contributed by atoms with Gasteiger partial charge in [0, 0.05) is 6.07 Å². The Morgan fingerprint density at radius 1 is 0.958 bits per heavy atom. The van der Waals surface area contributed by atoms with Crippen LogP contribution in [0.2, 0.25) is 0 Å². The molecule has 0 aliphatic heterocycles. The van der Waals surface area contributed by atoms with Gasteiger partial charge in [-0.15, -0.1) is 0 Å². The van der Waals surface area contributed by atoms with Crippen LogP contribution < -0.4 is 4.72 Å². The first-order valence-electron chi connectivity index (χ1n) is 5.21. The molecule has 0 fully saturated rings. The average Bonchev–Trinajstić information content (AvgIpc) is 2.34. The number of benzene rings is 1. The summed E-state index contributed by atoms with van der Waals surface area (Å²) in [5, 5.41) is 21.2. The summed E-state index contributed by atoms with van der Waals surface area (Å²) in [5.41, 5.74) is -13.8. The lowest BCUT2D eigenvalue weighted by atomic mass is 10.1. The number of hydrogen-bond acceptors (Lipinski definition) is 6. The lowest BCUT2D eigenvalue weighted by Gasteiger charge is -2.15. The summed E-state index contributed by atoms with van der Waals surface area (Å²) in [5.74, 6) is 0. The van der Waals surface area contributed by atoms with Gasteiger partial charge in [-0.2, -0.15) is 34.8 Å².